The monoisotopic (exact) mass is 479 g/mol. The van der Waals surface area contributed by atoms with Crippen LogP contribution < -0.4 is 15.5 Å². The van der Waals surface area contributed by atoms with E-state index >= 15 is 4.39 Å². The van der Waals surface area contributed by atoms with Crippen LogP contribution in [0.1, 0.15) is 25.0 Å². The summed E-state index contributed by atoms with van der Waals surface area (Å²) >= 11 is 0. The zero-order valence-corrected chi connectivity index (χ0v) is 18.5. The van der Waals surface area contributed by atoms with E-state index in [-0.39, 0.29) is 47.1 Å². The predicted octanol–water partition coefficient (Wildman–Crippen LogP) is 0.915. The van der Waals surface area contributed by atoms with Crippen LogP contribution in [0, 0.1) is 22.6 Å². The molecule has 5 heterocycles. The van der Waals surface area contributed by atoms with E-state index in [1.54, 1.807) is 17.9 Å². The van der Waals surface area contributed by atoms with Crippen LogP contribution in [0.4, 0.5) is 14.9 Å². The van der Waals surface area contributed by atoms with Crippen LogP contribution in [0.2, 0.25) is 0 Å². The van der Waals surface area contributed by atoms with E-state index in [1.807, 2.05) is 13.0 Å². The van der Waals surface area contributed by atoms with Gasteiger partial charge in [-0.15, -0.1) is 0 Å². The van der Waals surface area contributed by atoms with Gasteiger partial charge >= 0.3 is 6.03 Å². The van der Waals surface area contributed by atoms with Gasteiger partial charge < -0.3 is 14.2 Å². The van der Waals surface area contributed by atoms with Crippen LogP contribution in [0.15, 0.2) is 23.0 Å². The molecule has 2 fully saturated rings. The highest BCUT2D eigenvalue weighted by atomic mass is 19.1. The Labute approximate surface area is 196 Å². The molecule has 178 valence electrons. The molecule has 0 aliphatic carbocycles. The lowest BCUT2D eigenvalue weighted by Crippen LogP contribution is -2.75. The smallest absolute Gasteiger partial charge is 0.328 e. The fraction of sp³-hybridized carbons (Fsp3) is 0.364. The van der Waals surface area contributed by atoms with Crippen molar-refractivity contribution in [3.63, 3.8) is 0 Å². The number of benzene rings is 1. The van der Waals surface area contributed by atoms with Crippen LogP contribution in [-0.2, 0) is 20.7 Å². The van der Waals surface area contributed by atoms with Crippen molar-refractivity contribution in [2.24, 2.45) is 5.41 Å². The Morgan fingerprint density at radius 1 is 1.26 bits per heavy atom. The highest BCUT2D eigenvalue weighted by molar-refractivity contribution is 6.20. The summed E-state index contributed by atoms with van der Waals surface area (Å²) in [6.45, 7) is 3.72. The number of amides is 4. The number of aromatic nitrogens is 3. The van der Waals surface area contributed by atoms with Crippen molar-refractivity contribution in [3.05, 3.63) is 35.4 Å². The predicted molar refractivity (Wildman–Crippen MR) is 115 cm³/mol. The lowest BCUT2D eigenvalue weighted by atomic mass is 9.66. The van der Waals surface area contributed by atoms with Crippen LogP contribution in [-0.4, -0.2) is 57.6 Å². The molecule has 0 saturated carbocycles. The molecule has 12 nitrogen and oxygen atoms in total. The summed E-state index contributed by atoms with van der Waals surface area (Å²) in [4.78, 5) is 40.0. The number of anilines is 1. The van der Waals surface area contributed by atoms with Crippen molar-refractivity contribution in [1.29, 1.82) is 5.26 Å². The van der Waals surface area contributed by atoms with E-state index in [2.05, 4.69) is 20.9 Å². The Morgan fingerprint density at radius 3 is 2.69 bits per heavy atom. The first-order valence-corrected chi connectivity index (χ1v) is 10.9. The van der Waals surface area contributed by atoms with Crippen molar-refractivity contribution in [2.45, 2.75) is 38.5 Å². The molecular formula is C22H18FN7O5. The fourth-order valence-corrected chi connectivity index (χ4v) is 5.60. The third-order valence-electron chi connectivity index (χ3n) is 6.87. The van der Waals surface area contributed by atoms with Crippen molar-refractivity contribution in [3.8, 4) is 11.9 Å². The highest BCUT2D eigenvalue weighted by Gasteiger charge is 2.63. The molecule has 3 aromatic rings. The average Bonchev–Trinajstić information content (AvgIpc) is 3.43. The number of carbonyl (C=O) groups excluding carboxylic acids is 3. The zero-order chi connectivity index (χ0) is 24.6. The maximum absolute atomic E-state index is 16.0. The number of nitrogens with one attached hydrogen (secondary N) is 2. The average molecular weight is 479 g/mol. The van der Waals surface area contributed by atoms with E-state index in [9.17, 15) is 14.4 Å². The van der Waals surface area contributed by atoms with E-state index < -0.39 is 41.2 Å². The number of rotatable bonds is 1. The van der Waals surface area contributed by atoms with E-state index in [1.165, 1.54) is 17.1 Å². The van der Waals surface area contributed by atoms with Crippen molar-refractivity contribution in [2.75, 3.05) is 11.4 Å². The van der Waals surface area contributed by atoms with Gasteiger partial charge in [0.05, 0.1) is 47.3 Å². The van der Waals surface area contributed by atoms with Crippen molar-refractivity contribution >= 4 is 34.5 Å². The Balaban J connectivity index is 1.59. The zero-order valence-electron chi connectivity index (χ0n) is 18.5. The normalized spacial score (nSPS) is 25.1. The molecule has 3 aliphatic rings. The van der Waals surface area contributed by atoms with Gasteiger partial charge in [-0.25, -0.2) is 13.9 Å². The summed E-state index contributed by atoms with van der Waals surface area (Å²) in [7, 11) is 0. The van der Waals surface area contributed by atoms with Gasteiger partial charge in [0.25, 0.3) is 0 Å². The largest absolute Gasteiger partial charge is 0.372 e. The molecule has 4 amide bonds. The summed E-state index contributed by atoms with van der Waals surface area (Å²) < 4.78 is 28.6. The first-order valence-electron chi connectivity index (χ1n) is 10.9. The summed E-state index contributed by atoms with van der Waals surface area (Å²) in [5.41, 5.74) is -1.03. The van der Waals surface area contributed by atoms with Gasteiger partial charge in [-0.1, -0.05) is 5.16 Å². The highest BCUT2D eigenvalue weighted by Crippen LogP contribution is 2.49. The minimum atomic E-state index is -1.74. The molecule has 2 N–H and O–H groups in total. The maximum Gasteiger partial charge on any atom is 0.328 e. The van der Waals surface area contributed by atoms with Crippen molar-refractivity contribution in [1.82, 2.24) is 25.6 Å². The summed E-state index contributed by atoms with van der Waals surface area (Å²) in [6.07, 6.45) is 1.61. The molecule has 1 spiro atoms. The SMILES string of the molecule is C[C@@H]1CN2c3c(cc4c(-n5cc(C#N)cn5)noc4c3F)CC3(C(=O)NC(=O)NC3=O)[C@H]2[C@H](C)O1. The second kappa shape index (κ2) is 7.09. The Morgan fingerprint density at radius 2 is 2.00 bits per heavy atom. The molecule has 0 bridgehead atoms. The summed E-state index contributed by atoms with van der Waals surface area (Å²) in [5, 5.41) is 21.8. The van der Waals surface area contributed by atoms with Gasteiger partial charge in [0.1, 0.15) is 6.07 Å². The molecule has 35 heavy (non-hydrogen) atoms. The number of carbonyl (C=O) groups is 3. The number of nitrogens with zero attached hydrogens (tertiary/aromatic N) is 5. The molecule has 2 aromatic heterocycles. The number of hydrogen-bond acceptors (Lipinski definition) is 9. The Bertz CT molecular complexity index is 1470. The summed E-state index contributed by atoms with van der Waals surface area (Å²) in [5.74, 6) is -2.09. The maximum atomic E-state index is 16.0. The third-order valence-corrected chi connectivity index (χ3v) is 6.87. The van der Waals surface area contributed by atoms with Gasteiger partial charge in [0, 0.05) is 13.0 Å². The number of nitriles is 1. The number of morpholine rings is 1. The minimum absolute atomic E-state index is 0.123. The van der Waals surface area contributed by atoms with Gasteiger partial charge in [-0.05, 0) is 25.5 Å². The lowest BCUT2D eigenvalue weighted by molar-refractivity contribution is -0.153. The number of imide groups is 2. The molecular weight excluding hydrogens is 461 g/mol. The molecule has 2 saturated heterocycles. The van der Waals surface area contributed by atoms with Crippen LogP contribution in [0.3, 0.4) is 0 Å². The quantitative estimate of drug-likeness (QED) is 0.485. The number of halogens is 1. The van der Waals surface area contributed by atoms with E-state index in [4.69, 9.17) is 14.5 Å². The molecule has 3 atom stereocenters. The second-order valence-corrected chi connectivity index (χ2v) is 9.00. The summed E-state index contributed by atoms with van der Waals surface area (Å²) in [6, 6.07) is 1.78. The van der Waals surface area contributed by atoms with Gasteiger partial charge in [-0.2, -0.15) is 10.4 Å². The standard InChI is InChI=1S/C22H18FN7O5/c1-9-7-29-15-12(4-22(17(29)10(2)34-9)19(31)26-21(33)27-20(22)32)3-13-16(14(15)23)35-28-18(13)30-8-11(5-24)6-25-30/h3,6,8-10,17H,4,7H2,1-2H3,(H2,26,27,31,32,33)/t9-,10+,17-/m1/s1. The Hall–Kier alpha value is -4.31. The lowest BCUT2D eigenvalue weighted by Gasteiger charge is -2.55. The number of ether oxygens (including phenoxy) is 1. The molecule has 1 aromatic carbocycles. The molecule has 0 unspecified atom stereocenters. The van der Waals surface area contributed by atoms with Gasteiger partial charge in [0.2, 0.25) is 23.2 Å². The first kappa shape index (κ1) is 21.2. The van der Waals surface area contributed by atoms with E-state index in [0.29, 0.717) is 5.56 Å². The Kier molecular flexibility index (Phi) is 4.31. The minimum Gasteiger partial charge on any atom is -0.372 e. The van der Waals surface area contributed by atoms with Gasteiger partial charge in [-0.3, -0.25) is 20.2 Å². The van der Waals surface area contributed by atoms with Crippen LogP contribution in [0.5, 0.6) is 0 Å². The topological polar surface area (TPSA) is 155 Å². The van der Waals surface area contributed by atoms with Gasteiger partial charge in [0.15, 0.2) is 11.2 Å². The molecule has 13 heteroatoms. The number of urea groups is 1. The first-order chi connectivity index (χ1) is 16.7. The van der Waals surface area contributed by atoms with E-state index in [0.717, 1.165) is 0 Å². The second-order valence-electron chi connectivity index (χ2n) is 9.00. The number of fused-ring (bicyclic) bond motifs is 5. The third kappa shape index (κ3) is 2.77. The number of barbiturate groups is 1. The molecule has 6 rings (SSSR count). The molecule has 3 aliphatic heterocycles. The van der Waals surface area contributed by atoms with Crippen LogP contribution in [0.25, 0.3) is 16.8 Å². The number of hydrogen-bond donors (Lipinski definition) is 2. The van der Waals surface area contributed by atoms with Crippen LogP contribution >= 0.6 is 0 Å². The van der Waals surface area contributed by atoms with Crippen molar-refractivity contribution < 1.29 is 28.0 Å². The fourth-order valence-electron chi connectivity index (χ4n) is 5.60. The molecule has 0 radical (unpaired) electrons.